The van der Waals surface area contributed by atoms with E-state index in [-0.39, 0.29) is 0 Å². The van der Waals surface area contributed by atoms with Gasteiger partial charge in [0.2, 0.25) is 0 Å². The molecule has 2 heterocycles. The summed E-state index contributed by atoms with van der Waals surface area (Å²) in [5, 5.41) is 3.99. The molecule has 0 N–H and O–H groups in total. The van der Waals surface area contributed by atoms with Crippen molar-refractivity contribution in [2.75, 3.05) is 0 Å². The van der Waals surface area contributed by atoms with Gasteiger partial charge in [0.05, 0.1) is 4.70 Å². The molecule has 0 spiro atoms. The first-order valence-electron chi connectivity index (χ1n) is 4.48. The highest BCUT2D eigenvalue weighted by atomic mass is 79.9. The van der Waals surface area contributed by atoms with Gasteiger partial charge in [0.1, 0.15) is 5.15 Å². The van der Waals surface area contributed by atoms with Crippen molar-refractivity contribution < 1.29 is 0 Å². The molecule has 1 fully saturated rings. The maximum absolute atomic E-state index is 6.05. The second-order valence-electron chi connectivity index (χ2n) is 3.57. The number of pyridine rings is 1. The van der Waals surface area contributed by atoms with Crippen LogP contribution in [-0.2, 0) is 0 Å². The summed E-state index contributed by atoms with van der Waals surface area (Å²) >= 11 is 11.3. The van der Waals surface area contributed by atoms with E-state index in [1.165, 1.54) is 23.8 Å². The van der Waals surface area contributed by atoms with Crippen LogP contribution in [0.5, 0.6) is 0 Å². The van der Waals surface area contributed by atoms with Crippen LogP contribution >= 0.6 is 38.9 Å². The van der Waals surface area contributed by atoms with Gasteiger partial charge in [-0.2, -0.15) is 0 Å². The highest BCUT2D eigenvalue weighted by Gasteiger charge is 2.27. The summed E-state index contributed by atoms with van der Waals surface area (Å²) in [5.74, 6) is 0.716. The van der Waals surface area contributed by atoms with Crippen molar-refractivity contribution >= 4 is 49.0 Å². The SMILES string of the molecule is Clc1ncc(C2CC2)c2c(Br)csc12. The Balaban J connectivity index is 2.38. The zero-order valence-corrected chi connectivity index (χ0v) is 10.4. The lowest BCUT2D eigenvalue weighted by Crippen LogP contribution is -1.84. The lowest BCUT2D eigenvalue weighted by molar-refractivity contribution is 1.12. The molecule has 0 amide bonds. The maximum Gasteiger partial charge on any atom is 0.146 e. The molecule has 0 saturated heterocycles. The minimum atomic E-state index is 0.625. The van der Waals surface area contributed by atoms with E-state index < -0.39 is 0 Å². The Labute approximate surface area is 99.2 Å². The average Bonchev–Trinajstić information content (AvgIpc) is 2.93. The summed E-state index contributed by atoms with van der Waals surface area (Å²) in [4.78, 5) is 4.24. The number of thiophene rings is 1. The van der Waals surface area contributed by atoms with Gasteiger partial charge in [-0.1, -0.05) is 11.6 Å². The Kier molecular flexibility index (Phi) is 2.08. The van der Waals surface area contributed by atoms with Crippen LogP contribution in [0.4, 0.5) is 0 Å². The quantitative estimate of drug-likeness (QED) is 0.699. The molecule has 0 atom stereocenters. The first-order valence-corrected chi connectivity index (χ1v) is 6.53. The van der Waals surface area contributed by atoms with E-state index in [0.29, 0.717) is 11.1 Å². The molecule has 1 aliphatic carbocycles. The lowest BCUT2D eigenvalue weighted by Gasteiger charge is -2.01. The largest absolute Gasteiger partial charge is 0.243 e. The Hall–Kier alpha value is -0.120. The average molecular weight is 289 g/mol. The van der Waals surface area contributed by atoms with Gasteiger partial charge in [0, 0.05) is 21.4 Å². The van der Waals surface area contributed by atoms with Crippen molar-refractivity contribution in [2.45, 2.75) is 18.8 Å². The van der Waals surface area contributed by atoms with Crippen LogP contribution in [0.2, 0.25) is 5.15 Å². The molecule has 3 rings (SSSR count). The van der Waals surface area contributed by atoms with Gasteiger partial charge >= 0.3 is 0 Å². The van der Waals surface area contributed by atoms with Gasteiger partial charge in [-0.05, 0) is 40.3 Å². The van der Waals surface area contributed by atoms with E-state index in [0.717, 1.165) is 9.17 Å². The fraction of sp³-hybridized carbons (Fsp3) is 0.300. The minimum Gasteiger partial charge on any atom is -0.243 e. The molecule has 14 heavy (non-hydrogen) atoms. The maximum atomic E-state index is 6.05. The lowest BCUT2D eigenvalue weighted by atomic mass is 10.1. The molecule has 0 radical (unpaired) electrons. The number of fused-ring (bicyclic) bond motifs is 1. The number of hydrogen-bond donors (Lipinski definition) is 0. The summed E-state index contributed by atoms with van der Waals surface area (Å²) in [7, 11) is 0. The van der Waals surface area contributed by atoms with Crippen molar-refractivity contribution in [3.05, 3.63) is 26.8 Å². The van der Waals surface area contributed by atoms with Crippen LogP contribution in [0, 0.1) is 0 Å². The predicted molar refractivity (Wildman–Crippen MR) is 64.3 cm³/mol. The highest BCUT2D eigenvalue weighted by molar-refractivity contribution is 9.10. The molecule has 4 heteroatoms. The summed E-state index contributed by atoms with van der Waals surface area (Å²) in [5.41, 5.74) is 1.36. The van der Waals surface area contributed by atoms with Gasteiger partial charge in [-0.15, -0.1) is 11.3 Å². The van der Waals surface area contributed by atoms with Crippen LogP contribution in [-0.4, -0.2) is 4.98 Å². The second-order valence-corrected chi connectivity index (χ2v) is 5.66. The molecule has 0 aliphatic heterocycles. The van der Waals surface area contributed by atoms with Crippen LogP contribution < -0.4 is 0 Å². The first-order chi connectivity index (χ1) is 6.77. The zero-order valence-electron chi connectivity index (χ0n) is 7.26. The van der Waals surface area contributed by atoms with Gasteiger partial charge in [0.25, 0.3) is 0 Å². The van der Waals surface area contributed by atoms with Crippen LogP contribution in [0.25, 0.3) is 10.1 Å². The fourth-order valence-corrected chi connectivity index (χ4v) is 3.66. The number of halogens is 2. The van der Waals surface area contributed by atoms with E-state index in [1.54, 1.807) is 11.3 Å². The Morgan fingerprint density at radius 3 is 3.00 bits per heavy atom. The molecule has 0 bridgehead atoms. The molecule has 1 aliphatic rings. The Morgan fingerprint density at radius 1 is 1.50 bits per heavy atom. The van der Waals surface area contributed by atoms with Gasteiger partial charge in [-0.25, -0.2) is 4.98 Å². The third kappa shape index (κ3) is 1.30. The van der Waals surface area contributed by atoms with Crippen molar-refractivity contribution in [3.63, 3.8) is 0 Å². The molecule has 0 unspecified atom stereocenters. The standard InChI is InChI=1S/C10H7BrClNS/c11-7-4-14-9-8(7)6(5-1-2-5)3-13-10(9)12/h3-5H,1-2H2. The van der Waals surface area contributed by atoms with Crippen molar-refractivity contribution in [2.24, 2.45) is 0 Å². The van der Waals surface area contributed by atoms with Crippen LogP contribution in [0.1, 0.15) is 24.3 Å². The van der Waals surface area contributed by atoms with Crippen molar-refractivity contribution in [1.82, 2.24) is 4.98 Å². The number of nitrogens with zero attached hydrogens (tertiary/aromatic N) is 1. The van der Waals surface area contributed by atoms with E-state index in [2.05, 4.69) is 26.3 Å². The van der Waals surface area contributed by atoms with Crippen LogP contribution in [0.3, 0.4) is 0 Å². The van der Waals surface area contributed by atoms with E-state index in [9.17, 15) is 0 Å². The van der Waals surface area contributed by atoms with Gasteiger partial charge in [0.15, 0.2) is 0 Å². The monoisotopic (exact) mass is 287 g/mol. The summed E-state index contributed by atoms with van der Waals surface area (Å²) < 4.78 is 2.27. The molecule has 1 nitrogen and oxygen atoms in total. The third-order valence-corrected chi connectivity index (χ3v) is 4.87. The second kappa shape index (κ2) is 3.19. The molecule has 2 aromatic heterocycles. The highest BCUT2D eigenvalue weighted by Crippen LogP contribution is 2.47. The normalized spacial score (nSPS) is 16.4. The van der Waals surface area contributed by atoms with E-state index in [4.69, 9.17) is 11.6 Å². The Bertz CT molecular complexity index is 504. The zero-order chi connectivity index (χ0) is 9.71. The minimum absolute atomic E-state index is 0.625. The van der Waals surface area contributed by atoms with Crippen molar-refractivity contribution in [3.8, 4) is 0 Å². The van der Waals surface area contributed by atoms with E-state index in [1.807, 2.05) is 6.20 Å². The summed E-state index contributed by atoms with van der Waals surface area (Å²) in [6.07, 6.45) is 4.52. The van der Waals surface area contributed by atoms with Gasteiger partial charge < -0.3 is 0 Å². The topological polar surface area (TPSA) is 12.9 Å². The van der Waals surface area contributed by atoms with Crippen molar-refractivity contribution in [1.29, 1.82) is 0 Å². The fourth-order valence-electron chi connectivity index (χ4n) is 1.71. The smallest absolute Gasteiger partial charge is 0.146 e. The molecule has 0 aromatic carbocycles. The molecule has 2 aromatic rings. The number of aromatic nitrogens is 1. The number of rotatable bonds is 1. The third-order valence-electron chi connectivity index (χ3n) is 2.56. The molecular formula is C10H7BrClNS. The molecule has 1 saturated carbocycles. The molecule has 72 valence electrons. The van der Waals surface area contributed by atoms with Gasteiger partial charge in [-0.3, -0.25) is 0 Å². The summed E-state index contributed by atoms with van der Waals surface area (Å²) in [6, 6.07) is 0. The Morgan fingerprint density at radius 2 is 2.29 bits per heavy atom. The van der Waals surface area contributed by atoms with Crippen LogP contribution in [0.15, 0.2) is 16.0 Å². The summed E-state index contributed by atoms with van der Waals surface area (Å²) in [6.45, 7) is 0. The van der Waals surface area contributed by atoms with E-state index >= 15 is 0 Å². The number of hydrogen-bond acceptors (Lipinski definition) is 2. The molecular weight excluding hydrogens is 282 g/mol. The predicted octanol–water partition coefficient (Wildman–Crippen LogP) is 4.59. The first kappa shape index (κ1) is 9.13.